The third-order valence-electron chi connectivity index (χ3n) is 13.7. The van der Waals surface area contributed by atoms with Crippen molar-refractivity contribution in [3.05, 3.63) is 138 Å². The van der Waals surface area contributed by atoms with Crippen molar-refractivity contribution in [1.29, 1.82) is 5.41 Å². The second-order valence-electron chi connectivity index (χ2n) is 20.3. The molecule has 456 valence electrons. The molecule has 0 aliphatic heterocycles. The van der Waals surface area contributed by atoms with Gasteiger partial charge in [0.1, 0.15) is 48.0 Å². The highest BCUT2D eigenvalue weighted by atomic mass is 16.3. The van der Waals surface area contributed by atoms with Gasteiger partial charge in [0, 0.05) is 80.4 Å². The molecule has 8 atom stereocenters. The summed E-state index contributed by atoms with van der Waals surface area (Å²) in [5.41, 5.74) is 19.5. The van der Waals surface area contributed by atoms with Crippen LogP contribution in [-0.2, 0) is 68.8 Å². The number of phenols is 1. The van der Waals surface area contributed by atoms with Crippen LogP contribution in [0, 0.1) is 5.41 Å². The summed E-state index contributed by atoms with van der Waals surface area (Å²) in [5, 5.41) is 53.1. The van der Waals surface area contributed by atoms with E-state index >= 15 is 0 Å². The molecule has 0 fully saturated rings. The molecule has 0 saturated heterocycles. The molecule has 0 aliphatic rings. The van der Waals surface area contributed by atoms with Crippen LogP contribution in [0.3, 0.4) is 0 Å². The van der Waals surface area contributed by atoms with Gasteiger partial charge in [0.2, 0.25) is 47.3 Å². The minimum absolute atomic E-state index is 0.00258. The standard InChI is InChI=1S/C58H72N16O12/c1-31(75)49(72-54(83)47(28-48(59)78)69-53(82)46(27-36-30-65-41-17-10-8-15-39(36)41)68-52(81)44(66-32(2)76)25-34-19-21-37(77)22-20-34)56(85)70-45(24-33-12-5-4-6-13-33)55(84)73-74-58(86)71-42(18-11-23-63-57(61)62-3)51(80)67-43(50(60)79)26-35-29-64-40-16-9-7-14-38(35)40/h4-10,12-17,19-22,29-31,42-47,49,64-65,75,77H,11,18,23-28H2,1-3H3,(H2,59,78)(H2,60,79)(H,66,76)(H,67,80)(H,68,81)(H,69,82)(H,70,85)(H,72,83)(H,73,84)(H3,61,62,63)(H2,71,74,86)/t31-,42+,43+,44-,45+,46-,47+,49+/m1/s1. The van der Waals surface area contributed by atoms with Crippen molar-refractivity contribution in [3.63, 3.8) is 0 Å². The minimum atomic E-state index is -1.89. The van der Waals surface area contributed by atoms with Gasteiger partial charge in [-0.1, -0.05) is 78.9 Å². The molecule has 28 heteroatoms. The number of hydrogen-bond donors (Lipinski definition) is 18. The van der Waals surface area contributed by atoms with Crippen molar-refractivity contribution in [3.8, 4) is 5.75 Å². The van der Waals surface area contributed by atoms with Crippen molar-refractivity contribution in [1.82, 2.24) is 68.7 Å². The van der Waals surface area contributed by atoms with Crippen molar-refractivity contribution in [2.45, 2.75) is 107 Å². The zero-order valence-corrected chi connectivity index (χ0v) is 47.4. The lowest BCUT2D eigenvalue weighted by molar-refractivity contribution is -0.137. The first kappa shape index (κ1) is 64.7. The number of urea groups is 1. The largest absolute Gasteiger partial charge is 0.508 e. The maximum atomic E-state index is 14.4. The summed E-state index contributed by atoms with van der Waals surface area (Å²) >= 11 is 0. The smallest absolute Gasteiger partial charge is 0.334 e. The van der Waals surface area contributed by atoms with Gasteiger partial charge in [0.15, 0.2) is 5.96 Å². The van der Waals surface area contributed by atoms with Crippen LogP contribution in [0.25, 0.3) is 21.8 Å². The molecule has 0 saturated carbocycles. The molecule has 2 heterocycles. The number of aliphatic hydroxyl groups is 1. The number of guanidine groups is 1. The van der Waals surface area contributed by atoms with E-state index in [1.807, 2.05) is 24.3 Å². The Morgan fingerprint density at radius 3 is 1.59 bits per heavy atom. The van der Waals surface area contributed by atoms with E-state index < -0.39 is 114 Å². The molecule has 6 rings (SSSR count). The highest BCUT2D eigenvalue weighted by Crippen LogP contribution is 2.21. The van der Waals surface area contributed by atoms with Crippen LogP contribution < -0.4 is 70.2 Å². The van der Waals surface area contributed by atoms with Crippen molar-refractivity contribution < 1.29 is 58.2 Å². The number of carbonyl (C=O) groups excluding carboxylic acids is 10. The molecule has 20 N–H and O–H groups in total. The molecular weight excluding hydrogens is 1110 g/mol. The number of aromatic nitrogens is 2. The predicted molar refractivity (Wildman–Crippen MR) is 316 cm³/mol. The van der Waals surface area contributed by atoms with Gasteiger partial charge in [-0.3, -0.25) is 54.0 Å². The van der Waals surface area contributed by atoms with E-state index in [1.165, 1.54) is 26.1 Å². The second-order valence-corrected chi connectivity index (χ2v) is 20.3. The monoisotopic (exact) mass is 1180 g/mol. The van der Waals surface area contributed by atoms with Gasteiger partial charge in [-0.25, -0.2) is 10.2 Å². The van der Waals surface area contributed by atoms with E-state index in [4.69, 9.17) is 16.9 Å². The Labute approximate surface area is 493 Å². The summed E-state index contributed by atoms with van der Waals surface area (Å²) in [5.74, 6) is -8.54. The maximum Gasteiger partial charge on any atom is 0.334 e. The zero-order chi connectivity index (χ0) is 62.5. The molecule has 0 unspecified atom stereocenters. The average molecular weight is 1190 g/mol. The van der Waals surface area contributed by atoms with Crippen LogP contribution in [0.5, 0.6) is 5.75 Å². The number of nitrogens with two attached hydrogens (primary N) is 2. The number of hydrazine groups is 1. The van der Waals surface area contributed by atoms with E-state index in [2.05, 4.69) is 68.7 Å². The molecule has 0 spiro atoms. The lowest BCUT2D eigenvalue weighted by Gasteiger charge is -2.28. The van der Waals surface area contributed by atoms with Crippen LogP contribution >= 0.6 is 0 Å². The minimum Gasteiger partial charge on any atom is -0.508 e. The number of amides is 11. The number of para-hydroxylation sites is 2. The quantitative estimate of drug-likeness (QED) is 0.0110. The highest BCUT2D eigenvalue weighted by Gasteiger charge is 2.36. The number of fused-ring (bicyclic) bond motifs is 2. The first-order valence-corrected chi connectivity index (χ1v) is 27.4. The van der Waals surface area contributed by atoms with E-state index in [1.54, 1.807) is 79.1 Å². The third-order valence-corrected chi connectivity index (χ3v) is 13.7. The fraction of sp³-hybridized carbons (Fsp3) is 0.328. The van der Waals surface area contributed by atoms with Crippen molar-refractivity contribution in [2.75, 3.05) is 13.6 Å². The number of aromatic hydroxyl groups is 1. The molecule has 86 heavy (non-hydrogen) atoms. The maximum absolute atomic E-state index is 14.4. The molecule has 4 aromatic carbocycles. The molecule has 28 nitrogen and oxygen atoms in total. The Balaban J connectivity index is 1.16. The van der Waals surface area contributed by atoms with Gasteiger partial charge < -0.3 is 79.5 Å². The Bertz CT molecular complexity index is 3390. The van der Waals surface area contributed by atoms with E-state index in [0.717, 1.165) is 17.8 Å². The first-order chi connectivity index (χ1) is 41.1. The van der Waals surface area contributed by atoms with Gasteiger partial charge in [-0.15, -0.1) is 0 Å². The molecule has 0 radical (unpaired) electrons. The summed E-state index contributed by atoms with van der Waals surface area (Å²) in [4.78, 5) is 142. The summed E-state index contributed by atoms with van der Waals surface area (Å²) in [6, 6.07) is 16.9. The first-order valence-electron chi connectivity index (χ1n) is 27.4. The fourth-order valence-corrected chi connectivity index (χ4v) is 9.28. The van der Waals surface area contributed by atoms with Crippen molar-refractivity contribution >= 4 is 87.0 Å². The van der Waals surface area contributed by atoms with Crippen LogP contribution in [-0.4, -0.2) is 147 Å². The summed E-state index contributed by atoms with van der Waals surface area (Å²) in [7, 11) is 1.53. The van der Waals surface area contributed by atoms with Crippen LogP contribution in [0.1, 0.15) is 55.4 Å². The molecule has 0 aliphatic carbocycles. The van der Waals surface area contributed by atoms with E-state index in [-0.39, 0.29) is 56.8 Å². The number of aromatic amines is 2. The number of hydrogen-bond acceptors (Lipinski definition) is 13. The van der Waals surface area contributed by atoms with Gasteiger partial charge in [0.05, 0.1) is 12.5 Å². The SMILES string of the molecule is CNC(=N)NCCC[C@H](NC(=O)NNC(=O)[C@H](Cc1ccccc1)NC(=O)[C@@H](NC(=O)[C@H](CC(N)=O)NC(=O)[C@@H](Cc1c[nH]c2ccccc12)NC(=O)[C@@H](Cc1ccc(O)cc1)NC(C)=O)[C@@H](C)O)C(=O)N[C@@H](Cc1c[nH]c2ccccc12)C(N)=O. The number of primary amides is 2. The number of H-pyrrole nitrogens is 2. The Kier molecular flexibility index (Phi) is 23.5. The van der Waals surface area contributed by atoms with E-state index in [9.17, 15) is 58.2 Å². The predicted octanol–water partition coefficient (Wildman–Crippen LogP) is -1.48. The molecular formula is C58H72N16O12. The van der Waals surface area contributed by atoms with Crippen molar-refractivity contribution in [2.24, 2.45) is 11.5 Å². The topological polar surface area (TPSA) is 451 Å². The zero-order valence-electron chi connectivity index (χ0n) is 47.4. The number of benzene rings is 4. The number of rotatable bonds is 29. The molecule has 0 bridgehead atoms. The number of carbonyl (C=O) groups is 10. The number of aliphatic hydroxyl groups excluding tert-OH is 1. The number of phenolic OH excluding ortho intramolecular Hbond substituents is 1. The van der Waals surface area contributed by atoms with Gasteiger partial charge >= 0.3 is 6.03 Å². The summed E-state index contributed by atoms with van der Waals surface area (Å²) in [6.45, 7) is 2.52. The highest BCUT2D eigenvalue weighted by molar-refractivity contribution is 5.99. The fourth-order valence-electron chi connectivity index (χ4n) is 9.28. The Hall–Kier alpha value is -10.5. The van der Waals surface area contributed by atoms with Gasteiger partial charge in [0.25, 0.3) is 5.91 Å². The lowest BCUT2D eigenvalue weighted by atomic mass is 10.0. The number of nitrogens with one attached hydrogen (secondary N) is 14. The van der Waals surface area contributed by atoms with E-state index in [0.29, 0.717) is 33.2 Å². The Morgan fingerprint density at radius 2 is 1.03 bits per heavy atom. The average Bonchev–Trinajstić information content (AvgIpc) is 2.80. The Morgan fingerprint density at radius 1 is 0.547 bits per heavy atom. The molecule has 11 amide bonds. The molecule has 2 aromatic heterocycles. The van der Waals surface area contributed by atoms with Crippen LogP contribution in [0.15, 0.2) is 116 Å². The molecule has 6 aromatic rings. The van der Waals surface area contributed by atoms with Crippen LogP contribution in [0.4, 0.5) is 4.79 Å². The van der Waals surface area contributed by atoms with Gasteiger partial charge in [-0.05, 0) is 66.3 Å². The summed E-state index contributed by atoms with van der Waals surface area (Å²) < 4.78 is 0. The lowest BCUT2D eigenvalue weighted by Crippen LogP contribution is -2.62. The second kappa shape index (κ2) is 31.2. The normalized spacial score (nSPS) is 13.8. The van der Waals surface area contributed by atoms with Crippen LogP contribution in [0.2, 0.25) is 0 Å². The third kappa shape index (κ3) is 19.3. The summed E-state index contributed by atoms with van der Waals surface area (Å²) in [6.07, 6.45) is 0.442. The van der Waals surface area contributed by atoms with Gasteiger partial charge in [-0.2, -0.15) is 0 Å².